The van der Waals surface area contributed by atoms with Gasteiger partial charge in [0.1, 0.15) is 13.2 Å². The van der Waals surface area contributed by atoms with Gasteiger partial charge in [0.15, 0.2) is 0 Å². The Kier molecular flexibility index (Phi) is 9.71. The van der Waals surface area contributed by atoms with Crippen molar-refractivity contribution in [1.82, 2.24) is 0 Å². The van der Waals surface area contributed by atoms with Crippen molar-refractivity contribution in [1.29, 1.82) is 0 Å². The molecule has 0 aliphatic carbocycles. The van der Waals surface area contributed by atoms with E-state index in [4.69, 9.17) is 14.2 Å². The number of hydrogen-bond acceptors (Lipinski definition) is 6. The van der Waals surface area contributed by atoms with Crippen molar-refractivity contribution in [2.45, 2.75) is 33.3 Å². The van der Waals surface area contributed by atoms with Gasteiger partial charge in [-0.3, -0.25) is 4.79 Å². The van der Waals surface area contributed by atoms with E-state index in [0.29, 0.717) is 6.61 Å². The molecule has 166 valence electrons. The Labute approximate surface area is 182 Å². The zero-order valence-corrected chi connectivity index (χ0v) is 18.3. The predicted octanol–water partition coefficient (Wildman–Crippen LogP) is 4.00. The van der Waals surface area contributed by atoms with E-state index in [0.717, 1.165) is 18.4 Å². The SMILES string of the molecule is CCCCOCC(=O)N(C)c1c(C(=O)OCC)cccc1C(=O)OCc1ccccc1. The third kappa shape index (κ3) is 6.93. The molecule has 0 aliphatic heterocycles. The van der Waals surface area contributed by atoms with Gasteiger partial charge in [-0.2, -0.15) is 0 Å². The number of rotatable bonds is 11. The molecule has 0 aliphatic rings. The molecule has 0 radical (unpaired) electrons. The lowest BCUT2D eigenvalue weighted by atomic mass is 10.1. The molecule has 0 saturated carbocycles. The second-order valence-corrected chi connectivity index (χ2v) is 6.84. The quantitative estimate of drug-likeness (QED) is 0.398. The highest BCUT2D eigenvalue weighted by Gasteiger charge is 2.26. The van der Waals surface area contributed by atoms with Gasteiger partial charge in [0.25, 0.3) is 5.91 Å². The Balaban J connectivity index is 2.29. The van der Waals surface area contributed by atoms with Crippen LogP contribution in [0.4, 0.5) is 5.69 Å². The minimum Gasteiger partial charge on any atom is -0.462 e. The summed E-state index contributed by atoms with van der Waals surface area (Å²) in [4.78, 5) is 39.3. The number of nitrogens with zero attached hydrogens (tertiary/aromatic N) is 1. The average Bonchev–Trinajstić information content (AvgIpc) is 2.80. The first kappa shape index (κ1) is 24.1. The van der Waals surface area contributed by atoms with Crippen molar-refractivity contribution in [2.24, 2.45) is 0 Å². The van der Waals surface area contributed by atoms with Gasteiger partial charge in [-0.1, -0.05) is 49.7 Å². The zero-order chi connectivity index (χ0) is 22.6. The van der Waals surface area contributed by atoms with E-state index in [1.807, 2.05) is 37.3 Å². The number of esters is 2. The largest absolute Gasteiger partial charge is 0.462 e. The van der Waals surface area contributed by atoms with Crippen molar-refractivity contribution >= 4 is 23.5 Å². The van der Waals surface area contributed by atoms with Crippen LogP contribution in [-0.2, 0) is 25.6 Å². The van der Waals surface area contributed by atoms with Crippen LogP contribution in [0.5, 0.6) is 0 Å². The van der Waals surface area contributed by atoms with Crippen LogP contribution in [0.15, 0.2) is 48.5 Å². The number of hydrogen-bond donors (Lipinski definition) is 0. The maximum absolute atomic E-state index is 12.9. The van der Waals surface area contributed by atoms with Crippen molar-refractivity contribution in [3.8, 4) is 0 Å². The smallest absolute Gasteiger partial charge is 0.340 e. The van der Waals surface area contributed by atoms with E-state index in [1.54, 1.807) is 13.0 Å². The first-order valence-electron chi connectivity index (χ1n) is 10.3. The normalized spacial score (nSPS) is 10.4. The van der Waals surface area contributed by atoms with Gasteiger partial charge in [0.2, 0.25) is 0 Å². The molecule has 2 rings (SSSR count). The summed E-state index contributed by atoms with van der Waals surface area (Å²) in [6, 6.07) is 13.8. The van der Waals surface area contributed by atoms with E-state index < -0.39 is 11.9 Å². The standard InChI is InChI=1S/C24H29NO6/c1-4-6-15-29-17-21(26)25(3)22-19(23(27)30-5-2)13-10-14-20(22)24(28)31-16-18-11-8-7-9-12-18/h7-14H,4-6,15-17H2,1-3H3. The highest BCUT2D eigenvalue weighted by atomic mass is 16.5. The third-order valence-corrected chi connectivity index (χ3v) is 4.54. The Morgan fingerprint density at radius 3 is 2.13 bits per heavy atom. The van der Waals surface area contributed by atoms with Crippen LogP contribution in [0, 0.1) is 0 Å². The molecule has 2 aromatic rings. The molecular formula is C24H29NO6. The molecule has 7 nitrogen and oxygen atoms in total. The summed E-state index contributed by atoms with van der Waals surface area (Å²) < 4.78 is 16.0. The Hall–Kier alpha value is -3.19. The molecule has 0 aromatic heterocycles. The molecule has 0 unspecified atom stereocenters. The molecule has 0 atom stereocenters. The van der Waals surface area contributed by atoms with E-state index in [9.17, 15) is 14.4 Å². The van der Waals surface area contributed by atoms with Crippen molar-refractivity contribution in [3.05, 3.63) is 65.2 Å². The monoisotopic (exact) mass is 427 g/mol. The average molecular weight is 427 g/mol. The lowest BCUT2D eigenvalue weighted by Crippen LogP contribution is -2.33. The summed E-state index contributed by atoms with van der Waals surface area (Å²) in [5.74, 6) is -1.65. The molecule has 7 heteroatoms. The van der Waals surface area contributed by atoms with E-state index in [-0.39, 0.29) is 42.5 Å². The summed E-state index contributed by atoms with van der Waals surface area (Å²) in [5.41, 5.74) is 1.18. The Morgan fingerprint density at radius 1 is 0.871 bits per heavy atom. The van der Waals surface area contributed by atoms with Gasteiger partial charge in [-0.25, -0.2) is 9.59 Å². The van der Waals surface area contributed by atoms with Gasteiger partial charge >= 0.3 is 11.9 Å². The second-order valence-electron chi connectivity index (χ2n) is 6.84. The highest BCUT2D eigenvalue weighted by molar-refractivity contribution is 6.09. The van der Waals surface area contributed by atoms with Gasteiger partial charge in [0, 0.05) is 13.7 Å². The van der Waals surface area contributed by atoms with Crippen LogP contribution >= 0.6 is 0 Å². The van der Waals surface area contributed by atoms with Crippen LogP contribution in [-0.4, -0.2) is 44.7 Å². The number of para-hydroxylation sites is 1. The number of unbranched alkanes of at least 4 members (excludes halogenated alkanes) is 1. The lowest BCUT2D eigenvalue weighted by Gasteiger charge is -2.23. The lowest BCUT2D eigenvalue weighted by molar-refractivity contribution is -0.122. The molecule has 2 aromatic carbocycles. The Bertz CT molecular complexity index is 881. The summed E-state index contributed by atoms with van der Waals surface area (Å²) >= 11 is 0. The summed E-state index contributed by atoms with van der Waals surface area (Å²) in [6.07, 6.45) is 1.79. The first-order chi connectivity index (χ1) is 15.0. The summed E-state index contributed by atoms with van der Waals surface area (Å²) in [7, 11) is 1.50. The summed E-state index contributed by atoms with van der Waals surface area (Å²) in [6.45, 7) is 4.25. The van der Waals surface area contributed by atoms with Crippen LogP contribution in [0.2, 0.25) is 0 Å². The van der Waals surface area contributed by atoms with Gasteiger partial charge < -0.3 is 19.1 Å². The van der Waals surface area contributed by atoms with E-state index in [2.05, 4.69) is 0 Å². The van der Waals surface area contributed by atoms with E-state index >= 15 is 0 Å². The number of carbonyl (C=O) groups is 3. The second kappa shape index (κ2) is 12.5. The molecular weight excluding hydrogens is 398 g/mol. The number of carbonyl (C=O) groups excluding carboxylic acids is 3. The Morgan fingerprint density at radius 2 is 1.52 bits per heavy atom. The third-order valence-electron chi connectivity index (χ3n) is 4.54. The molecule has 1 amide bonds. The number of likely N-dealkylation sites (N-methyl/N-ethyl adjacent to an activating group) is 1. The van der Waals surface area contributed by atoms with Crippen LogP contribution in [0.3, 0.4) is 0 Å². The number of benzene rings is 2. The molecule has 0 N–H and O–H groups in total. The first-order valence-corrected chi connectivity index (χ1v) is 10.3. The number of ether oxygens (including phenoxy) is 3. The van der Waals surface area contributed by atoms with Crippen LogP contribution in [0.25, 0.3) is 0 Å². The van der Waals surface area contributed by atoms with Gasteiger partial charge in [-0.05, 0) is 31.0 Å². The number of anilines is 1. The van der Waals surface area contributed by atoms with Crippen molar-refractivity contribution < 1.29 is 28.6 Å². The highest BCUT2D eigenvalue weighted by Crippen LogP contribution is 2.27. The minimum absolute atomic E-state index is 0.0700. The van der Waals surface area contributed by atoms with E-state index in [1.165, 1.54) is 24.1 Å². The van der Waals surface area contributed by atoms with Crippen LogP contribution in [0.1, 0.15) is 53.0 Å². The fraction of sp³-hybridized carbons (Fsp3) is 0.375. The van der Waals surface area contributed by atoms with Crippen molar-refractivity contribution in [2.75, 3.05) is 31.8 Å². The molecule has 0 fully saturated rings. The maximum atomic E-state index is 12.9. The molecule has 0 saturated heterocycles. The van der Waals surface area contributed by atoms with Crippen molar-refractivity contribution in [3.63, 3.8) is 0 Å². The van der Waals surface area contributed by atoms with Gasteiger partial charge in [0.05, 0.1) is 23.4 Å². The number of amides is 1. The molecule has 0 bridgehead atoms. The molecule has 0 heterocycles. The molecule has 31 heavy (non-hydrogen) atoms. The molecule has 0 spiro atoms. The fourth-order valence-corrected chi connectivity index (χ4v) is 2.87. The van der Waals surface area contributed by atoms with Crippen LogP contribution < -0.4 is 4.90 Å². The maximum Gasteiger partial charge on any atom is 0.340 e. The zero-order valence-electron chi connectivity index (χ0n) is 18.3. The van der Waals surface area contributed by atoms with Gasteiger partial charge in [-0.15, -0.1) is 0 Å². The predicted molar refractivity (Wildman–Crippen MR) is 117 cm³/mol. The minimum atomic E-state index is -0.642. The topological polar surface area (TPSA) is 82.1 Å². The summed E-state index contributed by atoms with van der Waals surface area (Å²) in [5, 5.41) is 0. The fourth-order valence-electron chi connectivity index (χ4n) is 2.87.